The second-order valence-electron chi connectivity index (χ2n) is 6.23. The average molecular weight is 408 g/mol. The maximum Gasteiger partial charge on any atom is 0.236 e. The summed E-state index contributed by atoms with van der Waals surface area (Å²) in [5.74, 6) is 0.329. The number of carbonyl (C=O) groups excluding carboxylic acids is 1. The van der Waals surface area contributed by atoms with Gasteiger partial charge in [0.2, 0.25) is 5.91 Å². The molecule has 29 heavy (non-hydrogen) atoms. The zero-order valence-corrected chi connectivity index (χ0v) is 16.3. The summed E-state index contributed by atoms with van der Waals surface area (Å²) in [6.07, 6.45) is 0. The molecule has 4 rings (SSSR count). The number of thioether (sulfide) groups is 1. The maximum absolute atomic E-state index is 14.4. The standard InChI is InChI=1S/C20H17FN6OS/c1-13-11-17(24-23-13)22-18(28)12-29-20-26-25-19(15-9-5-6-10-16(15)21)27(20)14-7-3-2-4-8-14/h2-11H,12H2,1H3,(H2,22,23,24,28). The third-order valence-corrected chi connectivity index (χ3v) is 5.00. The molecule has 0 unspecified atom stereocenters. The molecule has 0 saturated carbocycles. The highest BCUT2D eigenvalue weighted by Gasteiger charge is 2.19. The van der Waals surface area contributed by atoms with Gasteiger partial charge in [0.1, 0.15) is 5.82 Å². The lowest BCUT2D eigenvalue weighted by Gasteiger charge is -2.10. The molecule has 4 aromatic rings. The van der Waals surface area contributed by atoms with Crippen LogP contribution >= 0.6 is 11.8 Å². The minimum absolute atomic E-state index is 0.105. The van der Waals surface area contributed by atoms with E-state index in [0.29, 0.717) is 22.4 Å². The molecule has 0 aliphatic heterocycles. The number of para-hydroxylation sites is 1. The van der Waals surface area contributed by atoms with Crippen molar-refractivity contribution in [3.63, 3.8) is 0 Å². The van der Waals surface area contributed by atoms with Gasteiger partial charge in [-0.25, -0.2) is 4.39 Å². The molecule has 2 heterocycles. The highest BCUT2D eigenvalue weighted by Crippen LogP contribution is 2.29. The number of nitrogens with one attached hydrogen (secondary N) is 2. The van der Waals surface area contributed by atoms with Crippen LogP contribution in [0.25, 0.3) is 17.1 Å². The van der Waals surface area contributed by atoms with Crippen LogP contribution in [0.1, 0.15) is 5.69 Å². The van der Waals surface area contributed by atoms with E-state index in [-0.39, 0.29) is 17.5 Å². The summed E-state index contributed by atoms with van der Waals surface area (Å²) >= 11 is 1.21. The molecule has 7 nitrogen and oxygen atoms in total. The molecule has 0 atom stereocenters. The van der Waals surface area contributed by atoms with Crippen molar-refractivity contribution >= 4 is 23.5 Å². The molecule has 9 heteroatoms. The first-order valence-corrected chi connectivity index (χ1v) is 9.81. The SMILES string of the molecule is Cc1cc(NC(=O)CSc2nnc(-c3ccccc3F)n2-c2ccccc2)n[nH]1. The van der Waals surface area contributed by atoms with Gasteiger partial charge >= 0.3 is 0 Å². The number of halogens is 1. The maximum atomic E-state index is 14.4. The second kappa shape index (κ2) is 8.27. The first-order chi connectivity index (χ1) is 14.1. The van der Waals surface area contributed by atoms with Crippen LogP contribution in [-0.4, -0.2) is 36.6 Å². The predicted octanol–water partition coefficient (Wildman–Crippen LogP) is 3.84. The summed E-state index contributed by atoms with van der Waals surface area (Å²) in [6, 6.07) is 17.5. The highest BCUT2D eigenvalue weighted by molar-refractivity contribution is 7.99. The van der Waals surface area contributed by atoms with E-state index in [1.807, 2.05) is 37.3 Å². The Balaban J connectivity index is 1.62. The van der Waals surface area contributed by atoms with Crippen LogP contribution in [0, 0.1) is 12.7 Å². The van der Waals surface area contributed by atoms with Crippen molar-refractivity contribution in [1.82, 2.24) is 25.0 Å². The number of H-pyrrole nitrogens is 1. The number of hydrogen-bond acceptors (Lipinski definition) is 5. The molecule has 0 spiro atoms. The number of aryl methyl sites for hydroxylation is 1. The smallest absolute Gasteiger partial charge is 0.236 e. The number of anilines is 1. The van der Waals surface area contributed by atoms with Crippen LogP contribution in [0.15, 0.2) is 65.8 Å². The van der Waals surface area contributed by atoms with Crippen LogP contribution in [0.3, 0.4) is 0 Å². The zero-order valence-electron chi connectivity index (χ0n) is 15.5. The van der Waals surface area contributed by atoms with Gasteiger partial charge in [-0.3, -0.25) is 14.5 Å². The van der Waals surface area contributed by atoms with Gasteiger partial charge in [0.25, 0.3) is 0 Å². The Morgan fingerprint density at radius 1 is 1.14 bits per heavy atom. The predicted molar refractivity (Wildman–Crippen MR) is 109 cm³/mol. The molecule has 0 aliphatic carbocycles. The van der Waals surface area contributed by atoms with Crippen LogP contribution in [0.4, 0.5) is 10.2 Å². The Kier molecular flexibility index (Phi) is 5.39. The molecule has 0 saturated heterocycles. The van der Waals surface area contributed by atoms with Gasteiger partial charge in [0, 0.05) is 17.4 Å². The first kappa shape index (κ1) is 18.9. The van der Waals surface area contributed by atoms with Gasteiger partial charge < -0.3 is 5.32 Å². The molecule has 0 bridgehead atoms. The van der Waals surface area contributed by atoms with Crippen LogP contribution in [0.5, 0.6) is 0 Å². The van der Waals surface area contributed by atoms with Gasteiger partial charge in [-0.1, -0.05) is 42.1 Å². The summed E-state index contributed by atoms with van der Waals surface area (Å²) in [4.78, 5) is 12.3. The number of nitrogens with zero attached hydrogens (tertiary/aromatic N) is 4. The molecule has 2 N–H and O–H groups in total. The number of hydrogen-bond donors (Lipinski definition) is 2. The van der Waals surface area contributed by atoms with Crippen molar-refractivity contribution in [2.24, 2.45) is 0 Å². The van der Waals surface area contributed by atoms with Crippen LogP contribution in [0.2, 0.25) is 0 Å². The Morgan fingerprint density at radius 3 is 2.62 bits per heavy atom. The lowest BCUT2D eigenvalue weighted by Crippen LogP contribution is -2.14. The van der Waals surface area contributed by atoms with Gasteiger partial charge in [0.05, 0.1) is 11.3 Å². The topological polar surface area (TPSA) is 88.5 Å². The van der Waals surface area contributed by atoms with Crippen LogP contribution in [-0.2, 0) is 4.79 Å². The molecular weight excluding hydrogens is 391 g/mol. The molecule has 2 aromatic carbocycles. The fourth-order valence-corrected chi connectivity index (χ4v) is 3.53. The third kappa shape index (κ3) is 4.19. The van der Waals surface area contributed by atoms with Gasteiger partial charge in [-0.05, 0) is 31.2 Å². The molecule has 0 radical (unpaired) electrons. The normalized spacial score (nSPS) is 10.8. The molecule has 0 fully saturated rings. The van der Waals surface area contributed by atoms with Crippen molar-refractivity contribution in [3.8, 4) is 17.1 Å². The lowest BCUT2D eigenvalue weighted by atomic mass is 10.2. The van der Waals surface area contributed by atoms with E-state index in [1.165, 1.54) is 17.8 Å². The van der Waals surface area contributed by atoms with E-state index >= 15 is 0 Å². The van der Waals surface area contributed by atoms with Crippen molar-refractivity contribution in [2.45, 2.75) is 12.1 Å². The number of aromatic amines is 1. The van der Waals surface area contributed by atoms with E-state index in [1.54, 1.807) is 28.8 Å². The Labute approximate surface area is 170 Å². The number of aromatic nitrogens is 5. The molecular formula is C20H17FN6OS. The number of benzene rings is 2. The fraction of sp³-hybridized carbons (Fsp3) is 0.100. The molecule has 146 valence electrons. The van der Waals surface area contributed by atoms with E-state index in [9.17, 15) is 9.18 Å². The first-order valence-electron chi connectivity index (χ1n) is 8.82. The summed E-state index contributed by atoms with van der Waals surface area (Å²) in [7, 11) is 0. The van der Waals surface area contributed by atoms with Crippen molar-refractivity contribution in [3.05, 3.63) is 72.2 Å². The van der Waals surface area contributed by atoms with E-state index < -0.39 is 0 Å². The zero-order chi connectivity index (χ0) is 20.2. The van der Waals surface area contributed by atoms with E-state index in [2.05, 4.69) is 25.7 Å². The Bertz CT molecular complexity index is 1140. The summed E-state index contributed by atoms with van der Waals surface area (Å²) in [5, 5.41) is 18.4. The number of rotatable bonds is 6. The summed E-state index contributed by atoms with van der Waals surface area (Å²) < 4.78 is 16.1. The summed E-state index contributed by atoms with van der Waals surface area (Å²) in [6.45, 7) is 1.85. The quantitative estimate of drug-likeness (QED) is 0.473. The van der Waals surface area contributed by atoms with Crippen molar-refractivity contribution < 1.29 is 9.18 Å². The fourth-order valence-electron chi connectivity index (χ4n) is 2.78. The molecule has 1 amide bonds. The van der Waals surface area contributed by atoms with Gasteiger partial charge in [0.15, 0.2) is 16.8 Å². The second-order valence-corrected chi connectivity index (χ2v) is 7.17. The molecule has 2 aromatic heterocycles. The van der Waals surface area contributed by atoms with Crippen molar-refractivity contribution in [2.75, 3.05) is 11.1 Å². The Morgan fingerprint density at radius 2 is 1.90 bits per heavy atom. The number of amides is 1. The van der Waals surface area contributed by atoms with Crippen LogP contribution < -0.4 is 5.32 Å². The highest BCUT2D eigenvalue weighted by atomic mass is 32.2. The minimum atomic E-state index is -0.389. The lowest BCUT2D eigenvalue weighted by molar-refractivity contribution is -0.113. The Hall–Kier alpha value is -3.46. The largest absolute Gasteiger partial charge is 0.308 e. The minimum Gasteiger partial charge on any atom is -0.308 e. The monoisotopic (exact) mass is 408 g/mol. The van der Waals surface area contributed by atoms with Gasteiger partial charge in [-0.15, -0.1) is 10.2 Å². The third-order valence-electron chi connectivity index (χ3n) is 4.07. The summed E-state index contributed by atoms with van der Waals surface area (Å²) in [5.41, 5.74) is 1.97. The average Bonchev–Trinajstić information content (AvgIpc) is 3.33. The molecule has 0 aliphatic rings. The van der Waals surface area contributed by atoms with Crippen molar-refractivity contribution in [1.29, 1.82) is 0 Å². The van der Waals surface area contributed by atoms with E-state index in [0.717, 1.165) is 11.4 Å². The van der Waals surface area contributed by atoms with E-state index in [4.69, 9.17) is 0 Å². The van der Waals surface area contributed by atoms with Gasteiger partial charge in [-0.2, -0.15) is 5.10 Å². The number of carbonyl (C=O) groups is 1.